The highest BCUT2D eigenvalue weighted by Gasteiger charge is 2.39. The van der Waals surface area contributed by atoms with E-state index in [2.05, 4.69) is 5.32 Å². The van der Waals surface area contributed by atoms with E-state index in [1.807, 2.05) is 13.8 Å². The van der Waals surface area contributed by atoms with Crippen molar-refractivity contribution in [3.8, 4) is 0 Å². The predicted molar refractivity (Wildman–Crippen MR) is 103 cm³/mol. The largest absolute Gasteiger partial charge is 0.462 e. The highest BCUT2D eigenvalue weighted by Crippen LogP contribution is 2.42. The lowest BCUT2D eigenvalue weighted by Crippen LogP contribution is -2.34. The summed E-state index contributed by atoms with van der Waals surface area (Å²) in [5, 5.41) is 14.2. The molecule has 0 spiro atoms. The summed E-state index contributed by atoms with van der Waals surface area (Å²) in [5.41, 5.74) is 3.09. The topological polar surface area (TPSA) is 98.5 Å². The number of hydrogen-bond acceptors (Lipinski definition) is 6. The number of nitrogens with zero attached hydrogens (tertiary/aromatic N) is 1. The Morgan fingerprint density at radius 1 is 1.29 bits per heavy atom. The van der Waals surface area contributed by atoms with Crippen LogP contribution in [-0.2, 0) is 14.3 Å². The Labute approximate surface area is 163 Å². The summed E-state index contributed by atoms with van der Waals surface area (Å²) in [5.74, 6) is -0.861. The van der Waals surface area contributed by atoms with Gasteiger partial charge in [-0.2, -0.15) is 0 Å². The van der Waals surface area contributed by atoms with Crippen molar-refractivity contribution in [2.45, 2.75) is 46.0 Å². The highest BCUT2D eigenvalue weighted by atomic mass is 16.6. The average molecular weight is 384 g/mol. The van der Waals surface area contributed by atoms with Crippen molar-refractivity contribution in [1.82, 2.24) is 5.32 Å². The number of hydrogen-bond donors (Lipinski definition) is 1. The Morgan fingerprint density at radius 3 is 2.57 bits per heavy atom. The molecule has 148 valence electrons. The number of ether oxygens (including phenoxy) is 1. The molecule has 2 aliphatic rings. The standard InChI is InChI=1S/C21H24N2O5/c1-12(2)11-28-21(25)18-13(3)22-16-5-4-6-17(24)20(16)19(18)14-7-9-15(10-8-14)23(26)27/h7-10,12,19,22H,4-6,11H2,1-3H3. The Morgan fingerprint density at radius 2 is 1.96 bits per heavy atom. The molecule has 7 nitrogen and oxygen atoms in total. The minimum atomic E-state index is -0.579. The van der Waals surface area contributed by atoms with Crippen LogP contribution in [0, 0.1) is 16.0 Å². The van der Waals surface area contributed by atoms with Crippen LogP contribution < -0.4 is 5.32 Å². The lowest BCUT2D eigenvalue weighted by Gasteiger charge is -2.34. The van der Waals surface area contributed by atoms with E-state index in [0.717, 1.165) is 18.5 Å². The van der Waals surface area contributed by atoms with Crippen LogP contribution in [-0.4, -0.2) is 23.3 Å². The highest BCUT2D eigenvalue weighted by molar-refractivity contribution is 6.03. The van der Waals surface area contributed by atoms with Gasteiger partial charge < -0.3 is 10.1 Å². The molecule has 1 N–H and O–H groups in total. The summed E-state index contributed by atoms with van der Waals surface area (Å²) < 4.78 is 5.46. The van der Waals surface area contributed by atoms with Gasteiger partial charge >= 0.3 is 5.97 Å². The molecule has 0 radical (unpaired) electrons. The van der Waals surface area contributed by atoms with Gasteiger partial charge in [-0.25, -0.2) is 4.79 Å². The predicted octanol–water partition coefficient (Wildman–Crippen LogP) is 3.76. The minimum absolute atomic E-state index is 0.00115. The van der Waals surface area contributed by atoms with Gasteiger partial charge in [-0.3, -0.25) is 14.9 Å². The fourth-order valence-electron chi connectivity index (χ4n) is 3.70. The molecule has 28 heavy (non-hydrogen) atoms. The van der Waals surface area contributed by atoms with Crippen LogP contribution in [0.15, 0.2) is 46.8 Å². The molecule has 0 aromatic heterocycles. The normalized spacial score (nSPS) is 19.4. The van der Waals surface area contributed by atoms with Crippen molar-refractivity contribution < 1.29 is 19.2 Å². The van der Waals surface area contributed by atoms with Gasteiger partial charge in [0.25, 0.3) is 5.69 Å². The number of carbonyl (C=O) groups is 2. The minimum Gasteiger partial charge on any atom is -0.462 e. The summed E-state index contributed by atoms with van der Waals surface area (Å²) in [6, 6.07) is 6.03. The number of nitrogens with one attached hydrogen (secondary N) is 1. The van der Waals surface area contributed by atoms with Crippen LogP contribution >= 0.6 is 0 Å². The van der Waals surface area contributed by atoms with E-state index in [-0.39, 0.29) is 24.0 Å². The molecule has 1 aliphatic carbocycles. The first kappa shape index (κ1) is 19.8. The van der Waals surface area contributed by atoms with E-state index in [9.17, 15) is 19.7 Å². The smallest absolute Gasteiger partial charge is 0.336 e. The first-order chi connectivity index (χ1) is 13.3. The maximum Gasteiger partial charge on any atom is 0.336 e. The van der Waals surface area contributed by atoms with Crippen molar-refractivity contribution in [3.05, 3.63) is 62.5 Å². The van der Waals surface area contributed by atoms with Gasteiger partial charge in [-0.1, -0.05) is 26.0 Å². The average Bonchev–Trinajstić information content (AvgIpc) is 2.65. The molecule has 7 heteroatoms. The number of nitro groups is 1. The second-order valence-electron chi connectivity index (χ2n) is 7.61. The van der Waals surface area contributed by atoms with Crippen LogP contribution in [0.1, 0.15) is 51.5 Å². The number of benzene rings is 1. The maximum absolute atomic E-state index is 12.9. The van der Waals surface area contributed by atoms with Crippen LogP contribution in [0.5, 0.6) is 0 Å². The number of carbonyl (C=O) groups excluding carboxylic acids is 2. The molecule has 1 aliphatic heterocycles. The van der Waals surface area contributed by atoms with Crippen LogP contribution in [0.25, 0.3) is 0 Å². The Bertz CT molecular complexity index is 881. The lowest BCUT2D eigenvalue weighted by molar-refractivity contribution is -0.384. The Hall–Kier alpha value is -2.96. The third kappa shape index (κ3) is 3.83. The molecule has 1 aromatic carbocycles. The first-order valence-electron chi connectivity index (χ1n) is 9.45. The third-order valence-corrected chi connectivity index (χ3v) is 4.98. The number of nitro benzene ring substituents is 1. The SMILES string of the molecule is CC1=C(C(=O)OCC(C)C)C(c2ccc([N+](=O)[O-])cc2)C2=C(CCCC2=O)N1. The molecule has 0 fully saturated rings. The van der Waals surface area contributed by atoms with E-state index in [0.29, 0.717) is 28.8 Å². The van der Waals surface area contributed by atoms with E-state index in [4.69, 9.17) is 4.74 Å². The number of esters is 1. The molecule has 0 saturated heterocycles. The molecule has 0 saturated carbocycles. The Balaban J connectivity index is 2.07. The summed E-state index contributed by atoms with van der Waals surface area (Å²) in [6.07, 6.45) is 1.92. The van der Waals surface area contributed by atoms with E-state index < -0.39 is 16.8 Å². The van der Waals surface area contributed by atoms with Gasteiger partial charge in [0.05, 0.1) is 17.1 Å². The fraction of sp³-hybridized carbons (Fsp3) is 0.429. The van der Waals surface area contributed by atoms with Crippen LogP contribution in [0.2, 0.25) is 0 Å². The molecule has 1 atom stereocenters. The number of dihydropyridines is 1. The molecule has 3 rings (SSSR count). The van der Waals surface area contributed by atoms with Gasteiger partial charge in [0, 0.05) is 41.4 Å². The number of Topliss-reactive ketones (excluding diaryl/α,β-unsaturated/α-hetero) is 1. The van der Waals surface area contributed by atoms with Crippen molar-refractivity contribution in [1.29, 1.82) is 0 Å². The molecule has 1 heterocycles. The quantitative estimate of drug-likeness (QED) is 0.471. The van der Waals surface area contributed by atoms with Crippen molar-refractivity contribution in [2.75, 3.05) is 6.61 Å². The summed E-state index contributed by atoms with van der Waals surface area (Å²) in [7, 11) is 0. The third-order valence-electron chi connectivity index (χ3n) is 4.98. The van der Waals surface area contributed by atoms with E-state index in [1.54, 1.807) is 19.1 Å². The molecule has 1 aromatic rings. The molecular formula is C21H24N2O5. The zero-order valence-corrected chi connectivity index (χ0v) is 16.3. The van der Waals surface area contributed by atoms with Gasteiger partial charge in [0.15, 0.2) is 5.78 Å². The second-order valence-corrected chi connectivity index (χ2v) is 7.61. The number of non-ortho nitro benzene ring substituents is 1. The van der Waals surface area contributed by atoms with Gasteiger partial charge in [0.1, 0.15) is 0 Å². The van der Waals surface area contributed by atoms with E-state index >= 15 is 0 Å². The number of allylic oxidation sites excluding steroid dienone is 3. The van der Waals surface area contributed by atoms with Crippen LogP contribution in [0.3, 0.4) is 0 Å². The van der Waals surface area contributed by atoms with E-state index in [1.165, 1.54) is 12.1 Å². The lowest BCUT2D eigenvalue weighted by atomic mass is 9.75. The molecule has 1 unspecified atom stereocenters. The zero-order chi connectivity index (χ0) is 20.4. The van der Waals surface area contributed by atoms with Gasteiger partial charge in [0.2, 0.25) is 0 Å². The first-order valence-corrected chi connectivity index (χ1v) is 9.45. The molecule has 0 amide bonds. The molecular weight excluding hydrogens is 360 g/mol. The second kappa shape index (κ2) is 7.96. The number of rotatable bonds is 5. The van der Waals surface area contributed by atoms with Crippen molar-refractivity contribution in [3.63, 3.8) is 0 Å². The summed E-state index contributed by atoms with van der Waals surface area (Å²) in [6.45, 7) is 5.98. The van der Waals surface area contributed by atoms with Gasteiger partial charge in [-0.15, -0.1) is 0 Å². The molecule has 0 bridgehead atoms. The Kier molecular flexibility index (Phi) is 5.63. The zero-order valence-electron chi connectivity index (χ0n) is 16.3. The summed E-state index contributed by atoms with van der Waals surface area (Å²) in [4.78, 5) is 36.2. The maximum atomic E-state index is 12.9. The summed E-state index contributed by atoms with van der Waals surface area (Å²) >= 11 is 0. The van der Waals surface area contributed by atoms with Gasteiger partial charge in [-0.05, 0) is 31.2 Å². The van der Waals surface area contributed by atoms with Crippen molar-refractivity contribution >= 4 is 17.4 Å². The fourth-order valence-corrected chi connectivity index (χ4v) is 3.70. The van der Waals surface area contributed by atoms with Crippen molar-refractivity contribution in [2.24, 2.45) is 5.92 Å². The number of ketones is 1. The van der Waals surface area contributed by atoms with Crippen LogP contribution in [0.4, 0.5) is 5.69 Å². The monoisotopic (exact) mass is 384 g/mol.